The van der Waals surface area contributed by atoms with Gasteiger partial charge in [-0.1, -0.05) is 55.5 Å². The maximum absolute atomic E-state index is 11.4. The first-order chi connectivity index (χ1) is 9.74. The van der Waals surface area contributed by atoms with Gasteiger partial charge < -0.3 is 5.11 Å². The van der Waals surface area contributed by atoms with Gasteiger partial charge in [0.1, 0.15) is 5.60 Å². The molecule has 3 rings (SSSR count). The van der Waals surface area contributed by atoms with Crippen molar-refractivity contribution in [2.45, 2.75) is 44.6 Å². The van der Waals surface area contributed by atoms with Crippen molar-refractivity contribution < 1.29 is 5.11 Å². The zero-order valence-electron chi connectivity index (χ0n) is 12.1. The van der Waals surface area contributed by atoms with Gasteiger partial charge in [-0.15, -0.1) is 0 Å². The van der Waals surface area contributed by atoms with Crippen molar-refractivity contribution in [3.8, 4) is 0 Å². The Labute approximate surface area is 121 Å². The summed E-state index contributed by atoms with van der Waals surface area (Å²) in [5.74, 6) is 0. The first-order valence-corrected chi connectivity index (χ1v) is 7.64. The minimum atomic E-state index is -0.821. The lowest BCUT2D eigenvalue weighted by Gasteiger charge is -2.30. The molecule has 0 heterocycles. The topological polar surface area (TPSA) is 20.2 Å². The van der Waals surface area contributed by atoms with Crippen LogP contribution in [0.1, 0.15) is 48.4 Å². The van der Waals surface area contributed by atoms with Gasteiger partial charge in [0.05, 0.1) is 0 Å². The standard InChI is InChI=1S/C19H22O/c1-2-15-8-7-11-17(14-15)19(20)13-6-5-10-16-9-3-4-12-18(16)19/h3-4,7-9,11-12,14,20H,2,5-6,10,13H2,1H3. The van der Waals surface area contributed by atoms with E-state index in [1.165, 1.54) is 11.1 Å². The molecule has 1 atom stereocenters. The number of aryl methyl sites for hydroxylation is 2. The Bertz CT molecular complexity index is 602. The first kappa shape index (κ1) is 13.4. The van der Waals surface area contributed by atoms with Crippen LogP contribution in [-0.2, 0) is 18.4 Å². The molecule has 0 spiro atoms. The fourth-order valence-corrected chi connectivity index (χ4v) is 3.32. The van der Waals surface area contributed by atoms with E-state index in [9.17, 15) is 5.11 Å². The van der Waals surface area contributed by atoms with E-state index in [-0.39, 0.29) is 0 Å². The fourth-order valence-electron chi connectivity index (χ4n) is 3.32. The highest BCUT2D eigenvalue weighted by Crippen LogP contribution is 2.39. The summed E-state index contributed by atoms with van der Waals surface area (Å²) in [7, 11) is 0. The highest BCUT2D eigenvalue weighted by atomic mass is 16.3. The average molecular weight is 266 g/mol. The van der Waals surface area contributed by atoms with Crippen LogP contribution < -0.4 is 0 Å². The van der Waals surface area contributed by atoms with Crippen LogP contribution in [0.3, 0.4) is 0 Å². The largest absolute Gasteiger partial charge is 0.380 e. The maximum atomic E-state index is 11.4. The SMILES string of the molecule is CCc1cccc(C2(O)CCCCc3ccccc32)c1. The molecule has 1 aliphatic carbocycles. The van der Waals surface area contributed by atoms with Crippen LogP contribution >= 0.6 is 0 Å². The molecular weight excluding hydrogens is 244 g/mol. The minimum absolute atomic E-state index is 0.817. The molecule has 0 aromatic heterocycles. The van der Waals surface area contributed by atoms with Crippen molar-refractivity contribution in [3.63, 3.8) is 0 Å². The number of hydrogen-bond donors (Lipinski definition) is 1. The molecule has 0 aliphatic heterocycles. The lowest BCUT2D eigenvalue weighted by atomic mass is 9.81. The molecule has 0 radical (unpaired) electrons. The van der Waals surface area contributed by atoms with Gasteiger partial charge in [0.25, 0.3) is 0 Å². The summed E-state index contributed by atoms with van der Waals surface area (Å²) >= 11 is 0. The Balaban J connectivity index is 2.14. The van der Waals surface area contributed by atoms with Crippen molar-refractivity contribution in [3.05, 3.63) is 70.8 Å². The molecule has 0 saturated heterocycles. The summed E-state index contributed by atoms with van der Waals surface area (Å²) in [5.41, 5.74) is 3.92. The van der Waals surface area contributed by atoms with Crippen molar-refractivity contribution >= 4 is 0 Å². The van der Waals surface area contributed by atoms with Crippen LogP contribution in [-0.4, -0.2) is 5.11 Å². The van der Waals surface area contributed by atoms with Crippen LogP contribution in [0.5, 0.6) is 0 Å². The Morgan fingerprint density at radius 1 is 1.05 bits per heavy atom. The third-order valence-corrected chi connectivity index (χ3v) is 4.51. The van der Waals surface area contributed by atoms with Gasteiger partial charge in [0, 0.05) is 0 Å². The molecule has 1 unspecified atom stereocenters. The van der Waals surface area contributed by atoms with E-state index in [4.69, 9.17) is 0 Å². The summed E-state index contributed by atoms with van der Waals surface area (Å²) < 4.78 is 0. The van der Waals surface area contributed by atoms with Crippen LogP contribution in [0.2, 0.25) is 0 Å². The predicted molar refractivity (Wildman–Crippen MR) is 82.8 cm³/mol. The summed E-state index contributed by atoms with van der Waals surface area (Å²) in [6.07, 6.45) is 5.13. The molecule has 104 valence electrons. The minimum Gasteiger partial charge on any atom is -0.380 e. The van der Waals surface area contributed by atoms with E-state index in [1.54, 1.807) is 0 Å². The third kappa shape index (κ3) is 2.27. The number of aliphatic hydroxyl groups is 1. The average Bonchev–Trinajstić information content (AvgIpc) is 2.68. The van der Waals surface area contributed by atoms with Gasteiger partial charge >= 0.3 is 0 Å². The molecule has 2 aromatic rings. The number of benzene rings is 2. The highest BCUT2D eigenvalue weighted by Gasteiger charge is 2.34. The number of fused-ring (bicyclic) bond motifs is 1. The van der Waals surface area contributed by atoms with Crippen LogP contribution in [0, 0.1) is 0 Å². The van der Waals surface area contributed by atoms with E-state index < -0.39 is 5.60 Å². The summed E-state index contributed by atoms with van der Waals surface area (Å²) in [4.78, 5) is 0. The number of rotatable bonds is 2. The zero-order chi connectivity index (χ0) is 14.0. The second-order valence-corrected chi connectivity index (χ2v) is 5.78. The molecular formula is C19H22O. The van der Waals surface area contributed by atoms with E-state index in [0.29, 0.717) is 0 Å². The fraction of sp³-hybridized carbons (Fsp3) is 0.368. The summed E-state index contributed by atoms with van der Waals surface area (Å²) in [5, 5.41) is 11.4. The quantitative estimate of drug-likeness (QED) is 0.807. The highest BCUT2D eigenvalue weighted by molar-refractivity contribution is 5.43. The molecule has 0 bridgehead atoms. The lowest BCUT2D eigenvalue weighted by molar-refractivity contribution is 0.0704. The van der Waals surface area contributed by atoms with Crippen molar-refractivity contribution in [1.29, 1.82) is 0 Å². The van der Waals surface area contributed by atoms with Crippen molar-refractivity contribution in [2.75, 3.05) is 0 Å². The molecule has 1 heteroatoms. The van der Waals surface area contributed by atoms with Crippen LogP contribution in [0.4, 0.5) is 0 Å². The summed E-state index contributed by atoms with van der Waals surface area (Å²) in [6, 6.07) is 16.8. The molecule has 1 aliphatic rings. The molecule has 1 nitrogen and oxygen atoms in total. The molecule has 0 fully saturated rings. The van der Waals surface area contributed by atoms with E-state index >= 15 is 0 Å². The second kappa shape index (κ2) is 5.41. The second-order valence-electron chi connectivity index (χ2n) is 5.78. The Kier molecular flexibility index (Phi) is 3.62. The van der Waals surface area contributed by atoms with Gasteiger partial charge in [-0.2, -0.15) is 0 Å². The molecule has 1 N–H and O–H groups in total. The third-order valence-electron chi connectivity index (χ3n) is 4.51. The van der Waals surface area contributed by atoms with Gasteiger partial charge in [-0.3, -0.25) is 0 Å². The number of hydrogen-bond acceptors (Lipinski definition) is 1. The van der Waals surface area contributed by atoms with Crippen LogP contribution in [0.15, 0.2) is 48.5 Å². The Hall–Kier alpha value is -1.60. The predicted octanol–water partition coefficient (Wildman–Crippen LogP) is 4.21. The lowest BCUT2D eigenvalue weighted by Crippen LogP contribution is -2.27. The zero-order valence-corrected chi connectivity index (χ0v) is 12.1. The normalized spacial score (nSPS) is 22.1. The molecule has 20 heavy (non-hydrogen) atoms. The summed E-state index contributed by atoms with van der Waals surface area (Å²) in [6.45, 7) is 2.16. The smallest absolute Gasteiger partial charge is 0.115 e. The van der Waals surface area contributed by atoms with Gasteiger partial charge in [0.15, 0.2) is 0 Å². The van der Waals surface area contributed by atoms with Crippen molar-refractivity contribution in [2.24, 2.45) is 0 Å². The van der Waals surface area contributed by atoms with Crippen LogP contribution in [0.25, 0.3) is 0 Å². The molecule has 0 saturated carbocycles. The van der Waals surface area contributed by atoms with E-state index in [1.807, 2.05) is 6.07 Å². The van der Waals surface area contributed by atoms with Crippen molar-refractivity contribution in [1.82, 2.24) is 0 Å². The van der Waals surface area contributed by atoms with E-state index in [2.05, 4.69) is 49.4 Å². The van der Waals surface area contributed by atoms with Gasteiger partial charge in [-0.25, -0.2) is 0 Å². The van der Waals surface area contributed by atoms with Gasteiger partial charge in [-0.05, 0) is 54.4 Å². The molecule has 0 amide bonds. The maximum Gasteiger partial charge on any atom is 0.115 e. The molecule has 2 aromatic carbocycles. The Morgan fingerprint density at radius 2 is 1.90 bits per heavy atom. The first-order valence-electron chi connectivity index (χ1n) is 7.64. The Morgan fingerprint density at radius 3 is 2.75 bits per heavy atom. The van der Waals surface area contributed by atoms with E-state index in [0.717, 1.165) is 43.2 Å². The van der Waals surface area contributed by atoms with Gasteiger partial charge in [0.2, 0.25) is 0 Å². The monoisotopic (exact) mass is 266 g/mol.